The van der Waals surface area contributed by atoms with Crippen molar-refractivity contribution in [3.05, 3.63) is 35.7 Å². The van der Waals surface area contributed by atoms with E-state index in [1.54, 1.807) is 6.92 Å². The fourth-order valence-corrected chi connectivity index (χ4v) is 1.98. The van der Waals surface area contributed by atoms with Crippen LogP contribution in [0.5, 0.6) is 0 Å². The van der Waals surface area contributed by atoms with Gasteiger partial charge in [0, 0.05) is 6.92 Å². The molecule has 5 nitrogen and oxygen atoms in total. The van der Waals surface area contributed by atoms with Gasteiger partial charge in [-0.15, -0.1) is 0 Å². The highest BCUT2D eigenvalue weighted by molar-refractivity contribution is 5.93. The number of hydrogen-bond acceptors (Lipinski definition) is 3. The lowest BCUT2D eigenvalue weighted by Crippen LogP contribution is -1.94. The van der Waals surface area contributed by atoms with Gasteiger partial charge in [-0.3, -0.25) is 4.79 Å². The second-order valence-corrected chi connectivity index (χ2v) is 4.20. The number of aryl methyl sites for hydroxylation is 1. The number of imidazole rings is 2. The second-order valence-electron chi connectivity index (χ2n) is 4.20. The number of carbonyl (C=O) groups is 1. The zero-order chi connectivity index (χ0) is 12.7. The Balaban J connectivity index is 2.14. The maximum absolute atomic E-state index is 11.4. The van der Waals surface area contributed by atoms with Crippen molar-refractivity contribution in [2.45, 2.75) is 13.8 Å². The number of Topliss-reactive ketones (excluding diaryl/α,β-unsaturated/α-hetero) is 1. The van der Waals surface area contributed by atoms with Crippen LogP contribution in [0.25, 0.3) is 22.7 Å². The summed E-state index contributed by atoms with van der Waals surface area (Å²) in [5, 5.41) is 0. The number of ketones is 1. The number of hydrogen-bond donors (Lipinski definition) is 2. The van der Waals surface area contributed by atoms with E-state index in [0.29, 0.717) is 23.0 Å². The molecule has 0 saturated carbocycles. The first kappa shape index (κ1) is 10.7. The summed E-state index contributed by atoms with van der Waals surface area (Å²) in [6, 6.07) is 7.75. The zero-order valence-corrected chi connectivity index (χ0v) is 10.1. The van der Waals surface area contributed by atoms with E-state index in [1.807, 2.05) is 24.3 Å². The summed E-state index contributed by atoms with van der Waals surface area (Å²) in [6.07, 6.45) is 0. The van der Waals surface area contributed by atoms with Gasteiger partial charge in [-0.25, -0.2) is 9.97 Å². The number of rotatable bonds is 2. The van der Waals surface area contributed by atoms with Crippen LogP contribution in [0, 0.1) is 6.92 Å². The van der Waals surface area contributed by atoms with Gasteiger partial charge in [0.25, 0.3) is 0 Å². The number of fused-ring (bicyclic) bond motifs is 1. The van der Waals surface area contributed by atoms with Crippen LogP contribution < -0.4 is 0 Å². The van der Waals surface area contributed by atoms with Gasteiger partial charge in [-0.1, -0.05) is 12.1 Å². The first-order chi connectivity index (χ1) is 8.65. The van der Waals surface area contributed by atoms with E-state index in [9.17, 15) is 4.79 Å². The zero-order valence-electron chi connectivity index (χ0n) is 10.1. The Hall–Kier alpha value is -2.43. The number of benzene rings is 1. The van der Waals surface area contributed by atoms with Gasteiger partial charge >= 0.3 is 0 Å². The topological polar surface area (TPSA) is 74.4 Å². The Morgan fingerprint density at radius 2 is 1.83 bits per heavy atom. The van der Waals surface area contributed by atoms with Crippen molar-refractivity contribution in [3.8, 4) is 11.6 Å². The third kappa shape index (κ3) is 1.60. The fraction of sp³-hybridized carbons (Fsp3) is 0.154. The van der Waals surface area contributed by atoms with E-state index >= 15 is 0 Å². The van der Waals surface area contributed by atoms with Crippen LogP contribution in [0.4, 0.5) is 0 Å². The molecule has 0 aliphatic carbocycles. The van der Waals surface area contributed by atoms with Gasteiger partial charge < -0.3 is 9.97 Å². The van der Waals surface area contributed by atoms with Crippen LogP contribution in [-0.2, 0) is 0 Å². The summed E-state index contributed by atoms with van der Waals surface area (Å²) >= 11 is 0. The van der Waals surface area contributed by atoms with Crippen LogP contribution in [0.3, 0.4) is 0 Å². The van der Waals surface area contributed by atoms with Gasteiger partial charge in [-0.2, -0.15) is 0 Å². The lowest BCUT2D eigenvalue weighted by molar-refractivity contribution is 0.101. The third-order valence-electron chi connectivity index (χ3n) is 2.85. The summed E-state index contributed by atoms with van der Waals surface area (Å²) in [7, 11) is 0. The first-order valence-corrected chi connectivity index (χ1v) is 5.68. The van der Waals surface area contributed by atoms with E-state index in [-0.39, 0.29) is 5.78 Å². The predicted octanol–water partition coefficient (Wildman–Crippen LogP) is 2.46. The molecule has 0 atom stereocenters. The van der Waals surface area contributed by atoms with Crippen molar-refractivity contribution in [1.29, 1.82) is 0 Å². The summed E-state index contributed by atoms with van der Waals surface area (Å²) in [4.78, 5) is 26.3. The molecule has 1 aromatic carbocycles. The molecule has 2 aromatic heterocycles. The smallest absolute Gasteiger partial charge is 0.177 e. The predicted molar refractivity (Wildman–Crippen MR) is 68.4 cm³/mol. The molecule has 0 unspecified atom stereocenters. The molecule has 5 heteroatoms. The maximum Gasteiger partial charge on any atom is 0.177 e. The van der Waals surface area contributed by atoms with E-state index in [1.165, 1.54) is 6.92 Å². The number of nitrogens with one attached hydrogen (secondary N) is 2. The molecule has 2 N–H and O–H groups in total. The van der Waals surface area contributed by atoms with Crippen molar-refractivity contribution < 1.29 is 4.79 Å². The summed E-state index contributed by atoms with van der Waals surface area (Å²) in [5.41, 5.74) is 3.06. The number of aromatic amines is 2. The third-order valence-corrected chi connectivity index (χ3v) is 2.85. The van der Waals surface area contributed by atoms with Gasteiger partial charge in [0.05, 0.1) is 16.7 Å². The van der Waals surface area contributed by atoms with E-state index in [0.717, 1.165) is 11.0 Å². The molecule has 18 heavy (non-hydrogen) atoms. The van der Waals surface area contributed by atoms with Crippen LogP contribution >= 0.6 is 0 Å². The van der Waals surface area contributed by atoms with E-state index in [2.05, 4.69) is 19.9 Å². The average Bonchev–Trinajstić information content (AvgIpc) is 2.91. The Morgan fingerprint density at radius 1 is 1.11 bits per heavy atom. The van der Waals surface area contributed by atoms with Crippen LogP contribution in [0.1, 0.15) is 23.1 Å². The average molecular weight is 240 g/mol. The van der Waals surface area contributed by atoms with E-state index < -0.39 is 0 Å². The fourth-order valence-electron chi connectivity index (χ4n) is 1.98. The molecular formula is C13H12N4O. The van der Waals surface area contributed by atoms with Crippen molar-refractivity contribution in [3.63, 3.8) is 0 Å². The summed E-state index contributed by atoms with van der Waals surface area (Å²) in [6.45, 7) is 3.32. The molecule has 0 bridgehead atoms. The molecule has 0 fully saturated rings. The minimum Gasteiger partial charge on any atom is -0.335 e. The molecule has 90 valence electrons. The molecule has 0 radical (unpaired) electrons. The SMILES string of the molecule is CC(=O)c1[nH]c(-c2nc3ccccc3[nH]2)nc1C. The molecule has 0 saturated heterocycles. The Labute approximate surface area is 103 Å². The Kier molecular flexibility index (Phi) is 2.26. The van der Waals surface area contributed by atoms with Crippen molar-refractivity contribution >= 4 is 16.8 Å². The number of carbonyl (C=O) groups excluding carboxylic acids is 1. The highest BCUT2D eigenvalue weighted by Crippen LogP contribution is 2.19. The molecule has 0 amide bonds. The van der Waals surface area contributed by atoms with Gasteiger partial charge in [0.15, 0.2) is 17.4 Å². The van der Waals surface area contributed by atoms with Crippen LogP contribution in [-0.4, -0.2) is 25.7 Å². The number of nitrogens with zero attached hydrogens (tertiary/aromatic N) is 2. The van der Waals surface area contributed by atoms with Gasteiger partial charge in [0.1, 0.15) is 5.69 Å². The standard InChI is InChI=1S/C13H12N4O/c1-7-11(8(2)18)17-12(14-7)13-15-9-5-3-4-6-10(9)16-13/h3-6H,1-2H3,(H,14,17)(H,15,16). The molecule has 0 spiro atoms. The molecule has 2 heterocycles. The molecular weight excluding hydrogens is 228 g/mol. The van der Waals surface area contributed by atoms with Crippen molar-refractivity contribution in [2.24, 2.45) is 0 Å². The molecule has 0 aliphatic heterocycles. The molecule has 3 rings (SSSR count). The van der Waals surface area contributed by atoms with E-state index in [4.69, 9.17) is 0 Å². The quantitative estimate of drug-likeness (QED) is 0.676. The van der Waals surface area contributed by atoms with Gasteiger partial charge in [-0.05, 0) is 19.1 Å². The molecule has 3 aromatic rings. The largest absolute Gasteiger partial charge is 0.335 e. The first-order valence-electron chi connectivity index (χ1n) is 5.68. The lowest BCUT2D eigenvalue weighted by atomic mass is 10.3. The van der Waals surface area contributed by atoms with Gasteiger partial charge in [0.2, 0.25) is 0 Å². The number of para-hydroxylation sites is 2. The Morgan fingerprint density at radius 3 is 2.50 bits per heavy atom. The lowest BCUT2D eigenvalue weighted by Gasteiger charge is -1.89. The van der Waals surface area contributed by atoms with Crippen molar-refractivity contribution in [1.82, 2.24) is 19.9 Å². The summed E-state index contributed by atoms with van der Waals surface area (Å²) < 4.78 is 0. The maximum atomic E-state index is 11.4. The Bertz CT molecular complexity index is 705. The normalized spacial score (nSPS) is 11.0. The highest BCUT2D eigenvalue weighted by atomic mass is 16.1. The van der Waals surface area contributed by atoms with Crippen molar-refractivity contribution in [2.75, 3.05) is 0 Å². The number of H-pyrrole nitrogens is 2. The van der Waals surface area contributed by atoms with Crippen LogP contribution in [0.15, 0.2) is 24.3 Å². The molecule has 0 aliphatic rings. The highest BCUT2D eigenvalue weighted by Gasteiger charge is 2.14. The second kappa shape index (κ2) is 3.80. The van der Waals surface area contributed by atoms with Crippen LogP contribution in [0.2, 0.25) is 0 Å². The number of aromatic nitrogens is 4. The summed E-state index contributed by atoms with van der Waals surface area (Å²) in [5.74, 6) is 1.21. The minimum absolute atomic E-state index is 0.0256. The monoisotopic (exact) mass is 240 g/mol. The minimum atomic E-state index is -0.0256.